The summed E-state index contributed by atoms with van der Waals surface area (Å²) in [6, 6.07) is 17.7. The van der Waals surface area contributed by atoms with Gasteiger partial charge in [0.05, 0.1) is 6.10 Å². The number of hydrogen-bond acceptors (Lipinski definition) is 2. The highest BCUT2D eigenvalue weighted by Crippen LogP contribution is 2.24. The lowest BCUT2D eigenvalue weighted by Gasteiger charge is -2.13. The van der Waals surface area contributed by atoms with Crippen molar-refractivity contribution in [3.63, 3.8) is 0 Å². The third kappa shape index (κ3) is 3.84. The molecule has 2 N–H and O–H groups in total. The largest absolute Gasteiger partial charge is 0.384 e. The fourth-order valence-corrected chi connectivity index (χ4v) is 1.97. The SMILES string of the molecule is C=CCNc1ccccc1C(O)/C=C/c1ccccc1. The molecule has 0 fully saturated rings. The van der Waals surface area contributed by atoms with E-state index in [9.17, 15) is 5.11 Å². The lowest BCUT2D eigenvalue weighted by atomic mass is 10.1. The number of aliphatic hydroxyl groups excluding tert-OH is 1. The summed E-state index contributed by atoms with van der Waals surface area (Å²) >= 11 is 0. The van der Waals surface area contributed by atoms with Gasteiger partial charge in [0.15, 0.2) is 0 Å². The molecular weight excluding hydrogens is 246 g/mol. The van der Waals surface area contributed by atoms with Crippen LogP contribution in [0.2, 0.25) is 0 Å². The molecule has 2 heteroatoms. The summed E-state index contributed by atoms with van der Waals surface area (Å²) in [5.41, 5.74) is 2.86. The van der Waals surface area contributed by atoms with Gasteiger partial charge in [-0.15, -0.1) is 6.58 Å². The van der Waals surface area contributed by atoms with E-state index in [1.54, 1.807) is 12.2 Å². The lowest BCUT2D eigenvalue weighted by Crippen LogP contribution is -2.04. The second kappa shape index (κ2) is 7.31. The Morgan fingerprint density at radius 1 is 1.05 bits per heavy atom. The van der Waals surface area contributed by atoms with Gasteiger partial charge in [-0.25, -0.2) is 0 Å². The van der Waals surface area contributed by atoms with Crippen molar-refractivity contribution < 1.29 is 5.11 Å². The van der Waals surface area contributed by atoms with Crippen LogP contribution in [0.1, 0.15) is 17.2 Å². The summed E-state index contributed by atoms with van der Waals surface area (Å²) in [6.07, 6.45) is 4.88. The van der Waals surface area contributed by atoms with Crippen LogP contribution in [-0.4, -0.2) is 11.7 Å². The van der Waals surface area contributed by atoms with Gasteiger partial charge in [-0.1, -0.05) is 66.8 Å². The topological polar surface area (TPSA) is 32.3 Å². The van der Waals surface area contributed by atoms with Crippen LogP contribution >= 0.6 is 0 Å². The zero-order valence-electron chi connectivity index (χ0n) is 11.4. The molecular formula is C18H19NO. The van der Waals surface area contributed by atoms with E-state index in [0.29, 0.717) is 6.54 Å². The van der Waals surface area contributed by atoms with Crippen LogP contribution in [0.4, 0.5) is 5.69 Å². The first kappa shape index (κ1) is 14.1. The predicted molar refractivity (Wildman–Crippen MR) is 85.6 cm³/mol. The van der Waals surface area contributed by atoms with E-state index in [0.717, 1.165) is 16.8 Å². The van der Waals surface area contributed by atoms with Crippen molar-refractivity contribution in [3.8, 4) is 0 Å². The molecule has 102 valence electrons. The Labute approximate surface area is 120 Å². The predicted octanol–water partition coefficient (Wildman–Crippen LogP) is 4.03. The van der Waals surface area contributed by atoms with Crippen molar-refractivity contribution in [2.45, 2.75) is 6.10 Å². The van der Waals surface area contributed by atoms with Gasteiger partial charge in [0.25, 0.3) is 0 Å². The Kier molecular flexibility index (Phi) is 5.15. The smallest absolute Gasteiger partial charge is 0.0994 e. The highest BCUT2D eigenvalue weighted by atomic mass is 16.3. The lowest BCUT2D eigenvalue weighted by molar-refractivity contribution is 0.230. The Bertz CT molecular complexity index is 575. The molecule has 20 heavy (non-hydrogen) atoms. The third-order valence-corrected chi connectivity index (χ3v) is 2.99. The minimum atomic E-state index is -0.635. The molecule has 0 spiro atoms. The first-order chi connectivity index (χ1) is 9.81. The van der Waals surface area contributed by atoms with Crippen molar-refractivity contribution in [1.29, 1.82) is 0 Å². The average molecular weight is 265 g/mol. The average Bonchev–Trinajstić information content (AvgIpc) is 2.52. The molecule has 0 aliphatic rings. The van der Waals surface area contributed by atoms with Crippen molar-refractivity contribution >= 4 is 11.8 Å². The van der Waals surface area contributed by atoms with E-state index in [1.165, 1.54) is 0 Å². The summed E-state index contributed by atoms with van der Waals surface area (Å²) in [5.74, 6) is 0. The minimum absolute atomic E-state index is 0.635. The van der Waals surface area contributed by atoms with Gasteiger partial charge >= 0.3 is 0 Å². The second-order valence-corrected chi connectivity index (χ2v) is 4.47. The summed E-state index contributed by atoms with van der Waals surface area (Å²) in [6.45, 7) is 4.36. The zero-order valence-corrected chi connectivity index (χ0v) is 11.4. The Balaban J connectivity index is 2.14. The monoisotopic (exact) mass is 265 g/mol. The highest BCUT2D eigenvalue weighted by Gasteiger charge is 2.08. The molecule has 1 unspecified atom stereocenters. The van der Waals surface area contributed by atoms with Crippen LogP contribution in [0.5, 0.6) is 0 Å². The summed E-state index contributed by atoms with van der Waals surface area (Å²) in [7, 11) is 0. The standard InChI is InChI=1S/C18H19NO/c1-2-14-19-17-11-7-6-10-16(17)18(20)13-12-15-8-4-3-5-9-15/h2-13,18-20H,1,14H2/b13-12+. The molecule has 2 nitrogen and oxygen atoms in total. The fourth-order valence-electron chi connectivity index (χ4n) is 1.97. The van der Waals surface area contributed by atoms with E-state index in [-0.39, 0.29) is 0 Å². The number of hydrogen-bond donors (Lipinski definition) is 2. The first-order valence-electron chi connectivity index (χ1n) is 6.66. The fraction of sp³-hybridized carbons (Fsp3) is 0.111. The normalized spacial score (nSPS) is 12.2. The summed E-state index contributed by atoms with van der Waals surface area (Å²) < 4.78 is 0. The number of anilines is 1. The maximum absolute atomic E-state index is 10.3. The van der Waals surface area contributed by atoms with Crippen LogP contribution in [0.25, 0.3) is 6.08 Å². The minimum Gasteiger partial charge on any atom is -0.384 e. The van der Waals surface area contributed by atoms with Crippen molar-refractivity contribution in [3.05, 3.63) is 84.5 Å². The Hall–Kier alpha value is -2.32. The number of rotatable bonds is 6. The molecule has 2 aromatic rings. The summed E-state index contributed by atoms with van der Waals surface area (Å²) in [5, 5.41) is 13.5. The molecule has 2 aromatic carbocycles. The maximum Gasteiger partial charge on any atom is 0.0994 e. The van der Waals surface area contributed by atoms with Gasteiger partial charge in [0.1, 0.15) is 0 Å². The molecule has 0 bridgehead atoms. The van der Waals surface area contributed by atoms with Gasteiger partial charge in [-0.3, -0.25) is 0 Å². The Morgan fingerprint density at radius 2 is 1.75 bits per heavy atom. The third-order valence-electron chi connectivity index (χ3n) is 2.99. The molecule has 0 aromatic heterocycles. The Morgan fingerprint density at radius 3 is 2.50 bits per heavy atom. The molecule has 1 atom stereocenters. The van der Waals surface area contributed by atoms with Crippen molar-refractivity contribution in [2.24, 2.45) is 0 Å². The number of nitrogens with one attached hydrogen (secondary N) is 1. The zero-order chi connectivity index (χ0) is 14.2. The van der Waals surface area contributed by atoms with Crippen LogP contribution in [0.3, 0.4) is 0 Å². The van der Waals surface area contributed by atoms with Gasteiger partial charge < -0.3 is 10.4 Å². The summed E-state index contributed by atoms with van der Waals surface area (Å²) in [4.78, 5) is 0. The quantitative estimate of drug-likeness (QED) is 0.773. The van der Waals surface area contributed by atoms with Crippen LogP contribution in [-0.2, 0) is 0 Å². The molecule has 0 amide bonds. The number of benzene rings is 2. The number of para-hydroxylation sites is 1. The van der Waals surface area contributed by atoms with E-state index >= 15 is 0 Å². The van der Waals surface area contributed by atoms with E-state index in [1.807, 2.05) is 60.7 Å². The van der Waals surface area contributed by atoms with E-state index in [4.69, 9.17) is 0 Å². The van der Waals surface area contributed by atoms with Crippen molar-refractivity contribution in [1.82, 2.24) is 0 Å². The van der Waals surface area contributed by atoms with Crippen LogP contribution in [0.15, 0.2) is 73.3 Å². The first-order valence-corrected chi connectivity index (χ1v) is 6.66. The van der Waals surface area contributed by atoms with Gasteiger partial charge in [0, 0.05) is 17.8 Å². The molecule has 2 rings (SSSR count). The molecule has 0 saturated carbocycles. The highest BCUT2D eigenvalue weighted by molar-refractivity contribution is 5.56. The van der Waals surface area contributed by atoms with Crippen LogP contribution < -0.4 is 5.32 Å². The molecule has 0 heterocycles. The van der Waals surface area contributed by atoms with E-state index in [2.05, 4.69) is 11.9 Å². The molecule has 0 saturated heterocycles. The van der Waals surface area contributed by atoms with E-state index < -0.39 is 6.10 Å². The van der Waals surface area contributed by atoms with Crippen LogP contribution in [0, 0.1) is 0 Å². The van der Waals surface area contributed by atoms with Gasteiger partial charge in [0.2, 0.25) is 0 Å². The molecule has 0 aliphatic carbocycles. The maximum atomic E-state index is 10.3. The molecule has 0 radical (unpaired) electrons. The molecule has 0 aliphatic heterocycles. The van der Waals surface area contributed by atoms with Gasteiger partial charge in [-0.05, 0) is 11.6 Å². The second-order valence-electron chi connectivity index (χ2n) is 4.47. The number of aliphatic hydroxyl groups is 1. The van der Waals surface area contributed by atoms with Gasteiger partial charge in [-0.2, -0.15) is 0 Å². The van der Waals surface area contributed by atoms with Crippen molar-refractivity contribution in [2.75, 3.05) is 11.9 Å².